The summed E-state index contributed by atoms with van der Waals surface area (Å²) in [6.45, 7) is 6.94. The van der Waals surface area contributed by atoms with Gasteiger partial charge in [0, 0.05) is 6.04 Å². The molecule has 0 radical (unpaired) electrons. The van der Waals surface area contributed by atoms with E-state index < -0.39 is 0 Å². The molecule has 16 heavy (non-hydrogen) atoms. The summed E-state index contributed by atoms with van der Waals surface area (Å²) >= 11 is 0. The van der Waals surface area contributed by atoms with Crippen LogP contribution >= 0.6 is 0 Å². The minimum atomic E-state index is 0.327. The van der Waals surface area contributed by atoms with Gasteiger partial charge in [0.15, 0.2) is 0 Å². The van der Waals surface area contributed by atoms with Crippen LogP contribution in [0.15, 0.2) is 18.2 Å². The second-order valence-electron chi connectivity index (χ2n) is 5.60. The first kappa shape index (κ1) is 11.7. The second kappa shape index (κ2) is 4.21. The van der Waals surface area contributed by atoms with E-state index in [0.717, 1.165) is 0 Å². The third-order valence-corrected chi connectivity index (χ3v) is 3.82. The van der Waals surface area contributed by atoms with Gasteiger partial charge >= 0.3 is 0 Å². The number of aryl methyl sites for hydroxylation is 1. The number of benzene rings is 1. The lowest BCUT2D eigenvalue weighted by atomic mass is 9.86. The fourth-order valence-corrected chi connectivity index (χ4v) is 2.95. The fourth-order valence-electron chi connectivity index (χ4n) is 2.95. The Bertz CT molecular complexity index is 379. The predicted molar refractivity (Wildman–Crippen MR) is 69.9 cm³/mol. The third kappa shape index (κ3) is 1.89. The highest BCUT2D eigenvalue weighted by Gasteiger charge is 2.35. The molecule has 0 aromatic heterocycles. The molecule has 2 rings (SSSR count). The molecule has 1 heteroatoms. The minimum absolute atomic E-state index is 0.327. The fraction of sp³-hybridized carbons (Fsp3) is 0.600. The van der Waals surface area contributed by atoms with Crippen LogP contribution in [0.4, 0.5) is 0 Å². The smallest absolute Gasteiger partial charge is 0.0328 e. The van der Waals surface area contributed by atoms with Crippen LogP contribution in [0.3, 0.4) is 0 Å². The first-order valence-electron chi connectivity index (χ1n) is 6.39. The molecule has 0 bridgehead atoms. The van der Waals surface area contributed by atoms with E-state index in [9.17, 15) is 0 Å². The first-order chi connectivity index (χ1) is 7.58. The molecule has 0 amide bonds. The van der Waals surface area contributed by atoms with Gasteiger partial charge < -0.3 is 5.32 Å². The van der Waals surface area contributed by atoms with Crippen molar-refractivity contribution in [1.29, 1.82) is 0 Å². The van der Waals surface area contributed by atoms with Crippen molar-refractivity contribution >= 4 is 0 Å². The van der Waals surface area contributed by atoms with Gasteiger partial charge in [-0.2, -0.15) is 0 Å². The maximum atomic E-state index is 3.45. The highest BCUT2D eigenvalue weighted by atomic mass is 14.9. The number of hydrogen-bond donors (Lipinski definition) is 1. The summed E-state index contributed by atoms with van der Waals surface area (Å²) in [5.74, 6) is 0. The number of rotatable bonds is 3. The van der Waals surface area contributed by atoms with Crippen LogP contribution in [0, 0.1) is 0 Å². The molecule has 0 saturated carbocycles. The lowest BCUT2D eigenvalue weighted by Crippen LogP contribution is -2.17. The average molecular weight is 217 g/mol. The Morgan fingerprint density at radius 1 is 1.38 bits per heavy atom. The Labute approximate surface area is 99.3 Å². The van der Waals surface area contributed by atoms with Crippen molar-refractivity contribution in [1.82, 2.24) is 5.32 Å². The van der Waals surface area contributed by atoms with Gasteiger partial charge in [0.2, 0.25) is 0 Å². The summed E-state index contributed by atoms with van der Waals surface area (Å²) in [4.78, 5) is 0. The molecule has 1 aliphatic rings. The summed E-state index contributed by atoms with van der Waals surface area (Å²) in [7, 11) is 2.07. The predicted octanol–water partition coefficient (Wildman–Crippen LogP) is 3.58. The van der Waals surface area contributed by atoms with Crippen molar-refractivity contribution < 1.29 is 0 Å². The molecule has 1 N–H and O–H groups in total. The first-order valence-corrected chi connectivity index (χ1v) is 6.39. The van der Waals surface area contributed by atoms with Gasteiger partial charge in [-0.05, 0) is 42.0 Å². The molecule has 0 heterocycles. The van der Waals surface area contributed by atoms with Gasteiger partial charge in [0.05, 0.1) is 0 Å². The maximum Gasteiger partial charge on any atom is 0.0328 e. The quantitative estimate of drug-likeness (QED) is 0.816. The summed E-state index contributed by atoms with van der Waals surface area (Å²) in [6, 6.07) is 7.61. The summed E-state index contributed by atoms with van der Waals surface area (Å²) in [6.07, 6.45) is 3.64. The van der Waals surface area contributed by atoms with Gasteiger partial charge in [0.25, 0.3) is 0 Å². The van der Waals surface area contributed by atoms with Gasteiger partial charge in [0.1, 0.15) is 0 Å². The molecule has 1 atom stereocenters. The SMILES string of the molecule is CCCc1ccc2c(c1)C(NC)CC2(C)C. The largest absolute Gasteiger partial charge is 0.313 e. The van der Waals surface area contributed by atoms with Gasteiger partial charge in [-0.15, -0.1) is 0 Å². The van der Waals surface area contributed by atoms with Crippen molar-refractivity contribution in [3.8, 4) is 0 Å². The van der Waals surface area contributed by atoms with Crippen molar-refractivity contribution in [3.05, 3.63) is 34.9 Å². The Kier molecular flexibility index (Phi) is 3.07. The highest BCUT2D eigenvalue weighted by molar-refractivity contribution is 5.43. The second-order valence-corrected chi connectivity index (χ2v) is 5.60. The number of hydrogen-bond acceptors (Lipinski definition) is 1. The summed E-state index contributed by atoms with van der Waals surface area (Å²) in [5, 5.41) is 3.45. The lowest BCUT2D eigenvalue weighted by Gasteiger charge is -2.19. The standard InChI is InChI=1S/C15H23N/c1-5-6-11-7-8-13-12(9-11)14(16-4)10-15(13,2)3/h7-9,14,16H,5-6,10H2,1-4H3. The Morgan fingerprint density at radius 3 is 2.75 bits per heavy atom. The van der Waals surface area contributed by atoms with Crippen molar-refractivity contribution in [2.75, 3.05) is 7.05 Å². The Balaban J connectivity index is 2.41. The van der Waals surface area contributed by atoms with Crippen LogP contribution in [-0.2, 0) is 11.8 Å². The van der Waals surface area contributed by atoms with Crippen LogP contribution in [0.5, 0.6) is 0 Å². The zero-order chi connectivity index (χ0) is 11.8. The molecule has 1 aliphatic carbocycles. The van der Waals surface area contributed by atoms with Crippen molar-refractivity contribution in [2.45, 2.75) is 51.5 Å². The van der Waals surface area contributed by atoms with E-state index in [0.29, 0.717) is 11.5 Å². The van der Waals surface area contributed by atoms with Crippen LogP contribution < -0.4 is 5.32 Å². The van der Waals surface area contributed by atoms with E-state index in [-0.39, 0.29) is 0 Å². The van der Waals surface area contributed by atoms with Crippen LogP contribution in [0.2, 0.25) is 0 Å². The molecule has 1 aromatic carbocycles. The summed E-state index contributed by atoms with van der Waals surface area (Å²) in [5.41, 5.74) is 4.87. The highest BCUT2D eigenvalue weighted by Crippen LogP contribution is 2.44. The molecule has 0 spiro atoms. The van der Waals surface area contributed by atoms with Crippen LogP contribution in [0.25, 0.3) is 0 Å². The van der Waals surface area contributed by atoms with Crippen LogP contribution in [-0.4, -0.2) is 7.05 Å². The molecule has 88 valence electrons. The maximum absolute atomic E-state index is 3.45. The van der Waals surface area contributed by atoms with Crippen molar-refractivity contribution in [2.24, 2.45) is 0 Å². The average Bonchev–Trinajstić information content (AvgIpc) is 2.51. The van der Waals surface area contributed by atoms with E-state index in [1.54, 1.807) is 0 Å². The van der Waals surface area contributed by atoms with E-state index in [2.05, 4.69) is 51.3 Å². The Morgan fingerprint density at radius 2 is 2.12 bits per heavy atom. The van der Waals surface area contributed by atoms with Crippen molar-refractivity contribution in [3.63, 3.8) is 0 Å². The van der Waals surface area contributed by atoms with Gasteiger partial charge in [-0.3, -0.25) is 0 Å². The molecular formula is C15H23N. The van der Waals surface area contributed by atoms with E-state index in [1.807, 2.05) is 0 Å². The van der Waals surface area contributed by atoms with E-state index in [1.165, 1.54) is 36.0 Å². The molecule has 1 nitrogen and oxygen atoms in total. The van der Waals surface area contributed by atoms with E-state index in [4.69, 9.17) is 0 Å². The molecule has 1 aromatic rings. The zero-order valence-corrected chi connectivity index (χ0v) is 10.9. The monoisotopic (exact) mass is 217 g/mol. The number of nitrogens with one attached hydrogen (secondary N) is 1. The minimum Gasteiger partial charge on any atom is -0.313 e. The molecular weight excluding hydrogens is 194 g/mol. The third-order valence-electron chi connectivity index (χ3n) is 3.82. The Hall–Kier alpha value is -0.820. The zero-order valence-electron chi connectivity index (χ0n) is 10.9. The molecule has 1 unspecified atom stereocenters. The lowest BCUT2D eigenvalue weighted by molar-refractivity contribution is 0.447. The van der Waals surface area contributed by atoms with Crippen LogP contribution in [0.1, 0.15) is 56.3 Å². The summed E-state index contributed by atoms with van der Waals surface area (Å²) < 4.78 is 0. The normalized spacial score (nSPS) is 22.1. The number of fused-ring (bicyclic) bond motifs is 1. The molecule has 0 saturated heterocycles. The molecule has 0 aliphatic heterocycles. The van der Waals surface area contributed by atoms with E-state index >= 15 is 0 Å². The van der Waals surface area contributed by atoms with Gasteiger partial charge in [-0.1, -0.05) is 45.4 Å². The van der Waals surface area contributed by atoms with Gasteiger partial charge in [-0.25, -0.2) is 0 Å². The molecule has 0 fully saturated rings. The topological polar surface area (TPSA) is 12.0 Å².